The van der Waals surface area contributed by atoms with Gasteiger partial charge >= 0.3 is 5.69 Å². The summed E-state index contributed by atoms with van der Waals surface area (Å²) in [5.74, 6) is -0.304. The molecule has 1 N–H and O–H groups in total. The third-order valence-electron chi connectivity index (χ3n) is 3.39. The van der Waals surface area contributed by atoms with Gasteiger partial charge in [-0.3, -0.25) is 9.55 Å². The maximum absolute atomic E-state index is 13.1. The van der Waals surface area contributed by atoms with E-state index in [4.69, 9.17) is 0 Å². The molecule has 21 heavy (non-hydrogen) atoms. The Morgan fingerprint density at radius 1 is 1.10 bits per heavy atom. The molecule has 0 fully saturated rings. The summed E-state index contributed by atoms with van der Waals surface area (Å²) >= 11 is 0. The van der Waals surface area contributed by atoms with Crippen LogP contribution in [0, 0.1) is 5.82 Å². The third kappa shape index (κ3) is 2.38. The highest BCUT2D eigenvalue weighted by atomic mass is 19.1. The predicted molar refractivity (Wildman–Crippen MR) is 79.4 cm³/mol. The molecule has 0 atom stereocenters. The quantitative estimate of drug-likeness (QED) is 0.803. The Morgan fingerprint density at radius 2 is 1.76 bits per heavy atom. The summed E-state index contributed by atoms with van der Waals surface area (Å²) in [6, 6.07) is 9.78. The maximum Gasteiger partial charge on any atom is 0.326 e. The molecular formula is C16H14FN3O. The van der Waals surface area contributed by atoms with Crippen molar-refractivity contribution < 1.29 is 4.39 Å². The van der Waals surface area contributed by atoms with Crippen LogP contribution in [0.3, 0.4) is 0 Å². The van der Waals surface area contributed by atoms with E-state index in [9.17, 15) is 9.18 Å². The number of halogens is 1. The molecule has 3 aromatic rings. The zero-order valence-electron chi connectivity index (χ0n) is 11.5. The molecule has 0 radical (unpaired) electrons. The van der Waals surface area contributed by atoms with Crippen LogP contribution in [0.2, 0.25) is 0 Å². The van der Waals surface area contributed by atoms with Crippen molar-refractivity contribution in [2.45, 2.75) is 13.5 Å². The minimum Gasteiger partial charge on any atom is -0.305 e. The fourth-order valence-corrected chi connectivity index (χ4v) is 2.41. The van der Waals surface area contributed by atoms with E-state index >= 15 is 0 Å². The van der Waals surface area contributed by atoms with E-state index in [1.165, 1.54) is 12.1 Å². The Morgan fingerprint density at radius 3 is 2.38 bits per heavy atom. The van der Waals surface area contributed by atoms with E-state index in [1.807, 2.05) is 19.1 Å². The van der Waals surface area contributed by atoms with Crippen molar-refractivity contribution in [1.29, 1.82) is 0 Å². The molecule has 0 saturated carbocycles. The Kier molecular flexibility index (Phi) is 3.39. The Hall–Kier alpha value is -2.69. The van der Waals surface area contributed by atoms with Crippen molar-refractivity contribution in [2.75, 3.05) is 0 Å². The summed E-state index contributed by atoms with van der Waals surface area (Å²) < 4.78 is 14.8. The van der Waals surface area contributed by atoms with Gasteiger partial charge in [0.15, 0.2) is 0 Å². The summed E-state index contributed by atoms with van der Waals surface area (Å²) in [4.78, 5) is 19.0. The molecule has 1 aromatic carbocycles. The molecule has 0 aliphatic rings. The molecule has 0 aliphatic heterocycles. The lowest BCUT2D eigenvalue weighted by Crippen LogP contribution is -2.16. The molecule has 2 heterocycles. The molecule has 0 aliphatic carbocycles. The number of aromatic amines is 1. The van der Waals surface area contributed by atoms with Crippen LogP contribution in [0.15, 0.2) is 53.6 Å². The largest absolute Gasteiger partial charge is 0.326 e. The van der Waals surface area contributed by atoms with Crippen molar-refractivity contribution in [3.8, 4) is 22.5 Å². The highest BCUT2D eigenvalue weighted by molar-refractivity contribution is 5.78. The summed E-state index contributed by atoms with van der Waals surface area (Å²) in [5.41, 5.74) is 2.96. The third-order valence-corrected chi connectivity index (χ3v) is 3.39. The molecule has 2 aromatic heterocycles. The van der Waals surface area contributed by atoms with Crippen molar-refractivity contribution in [1.82, 2.24) is 14.5 Å². The van der Waals surface area contributed by atoms with E-state index < -0.39 is 0 Å². The van der Waals surface area contributed by atoms with Gasteiger partial charge in [-0.15, -0.1) is 0 Å². The predicted octanol–water partition coefficient (Wildman–Crippen LogP) is 3.06. The molecular weight excluding hydrogens is 269 g/mol. The van der Waals surface area contributed by atoms with Gasteiger partial charge in [-0.1, -0.05) is 0 Å². The molecule has 4 nitrogen and oxygen atoms in total. The van der Waals surface area contributed by atoms with Crippen molar-refractivity contribution in [2.24, 2.45) is 0 Å². The lowest BCUT2D eigenvalue weighted by atomic mass is 10.1. The van der Waals surface area contributed by atoms with Gasteiger partial charge in [-0.2, -0.15) is 0 Å². The normalized spacial score (nSPS) is 10.8. The Balaban J connectivity index is 2.26. The number of benzene rings is 1. The summed E-state index contributed by atoms with van der Waals surface area (Å²) in [6.45, 7) is 2.46. The number of hydrogen-bond acceptors (Lipinski definition) is 2. The second-order valence-electron chi connectivity index (χ2n) is 4.64. The number of nitrogens with one attached hydrogen (secondary N) is 1. The zero-order chi connectivity index (χ0) is 14.8. The number of hydrogen-bond donors (Lipinski definition) is 1. The molecule has 0 saturated heterocycles. The lowest BCUT2D eigenvalue weighted by Gasteiger charge is -2.08. The van der Waals surface area contributed by atoms with Crippen LogP contribution in [0.25, 0.3) is 22.5 Å². The van der Waals surface area contributed by atoms with E-state index in [0.29, 0.717) is 12.2 Å². The van der Waals surface area contributed by atoms with Crippen LogP contribution in [0.5, 0.6) is 0 Å². The molecule has 106 valence electrons. The molecule has 3 rings (SSSR count). The van der Waals surface area contributed by atoms with E-state index in [-0.39, 0.29) is 11.5 Å². The maximum atomic E-state index is 13.1. The second kappa shape index (κ2) is 5.36. The first-order valence-electron chi connectivity index (χ1n) is 6.70. The second-order valence-corrected chi connectivity index (χ2v) is 4.64. The van der Waals surface area contributed by atoms with Crippen molar-refractivity contribution in [3.63, 3.8) is 0 Å². The van der Waals surface area contributed by atoms with Gasteiger partial charge in [0.25, 0.3) is 0 Å². The van der Waals surface area contributed by atoms with Crippen LogP contribution in [0.4, 0.5) is 4.39 Å². The van der Waals surface area contributed by atoms with Crippen LogP contribution in [-0.2, 0) is 6.54 Å². The number of pyridine rings is 1. The van der Waals surface area contributed by atoms with E-state index in [0.717, 1.165) is 16.8 Å². The zero-order valence-corrected chi connectivity index (χ0v) is 11.5. The fraction of sp³-hybridized carbons (Fsp3) is 0.125. The summed E-state index contributed by atoms with van der Waals surface area (Å²) in [7, 11) is 0. The van der Waals surface area contributed by atoms with Crippen LogP contribution in [0.1, 0.15) is 6.92 Å². The number of nitrogens with zero attached hydrogens (tertiary/aromatic N) is 2. The van der Waals surface area contributed by atoms with Gasteiger partial charge < -0.3 is 4.98 Å². The smallest absolute Gasteiger partial charge is 0.305 e. The van der Waals surface area contributed by atoms with Gasteiger partial charge in [-0.25, -0.2) is 9.18 Å². The molecule has 5 heteroatoms. The minimum atomic E-state index is -0.304. The van der Waals surface area contributed by atoms with E-state index in [1.54, 1.807) is 29.1 Å². The molecule has 0 bridgehead atoms. The number of imidazole rings is 1. The summed E-state index contributed by atoms with van der Waals surface area (Å²) in [5, 5.41) is 0. The van der Waals surface area contributed by atoms with Gasteiger partial charge in [0, 0.05) is 30.1 Å². The number of aromatic nitrogens is 3. The highest BCUT2D eigenvalue weighted by Gasteiger charge is 2.16. The first kappa shape index (κ1) is 13.3. The first-order valence-corrected chi connectivity index (χ1v) is 6.70. The first-order chi connectivity index (χ1) is 10.2. The highest BCUT2D eigenvalue weighted by Crippen LogP contribution is 2.29. The Bertz CT molecular complexity index is 804. The average Bonchev–Trinajstić information content (AvgIpc) is 2.85. The monoisotopic (exact) mass is 283 g/mol. The molecule has 0 spiro atoms. The van der Waals surface area contributed by atoms with Crippen molar-refractivity contribution in [3.05, 3.63) is 65.1 Å². The topological polar surface area (TPSA) is 50.7 Å². The van der Waals surface area contributed by atoms with Gasteiger partial charge in [0.1, 0.15) is 5.82 Å². The average molecular weight is 283 g/mol. The SMILES string of the molecule is CCn1c(-c2ccncc2)c(-c2ccc(F)cc2)[nH]c1=O. The van der Waals surface area contributed by atoms with Crippen LogP contribution < -0.4 is 5.69 Å². The van der Waals surface area contributed by atoms with Gasteiger partial charge in [0.05, 0.1) is 11.4 Å². The van der Waals surface area contributed by atoms with Crippen LogP contribution >= 0.6 is 0 Å². The van der Waals surface area contributed by atoms with Gasteiger partial charge in [0.2, 0.25) is 0 Å². The minimum absolute atomic E-state index is 0.177. The molecule has 0 amide bonds. The van der Waals surface area contributed by atoms with Crippen molar-refractivity contribution >= 4 is 0 Å². The summed E-state index contributed by atoms with van der Waals surface area (Å²) in [6.07, 6.45) is 3.36. The number of rotatable bonds is 3. The molecule has 0 unspecified atom stereocenters. The standard InChI is InChI=1S/C16H14FN3O/c1-2-20-15(12-7-9-18-10-8-12)14(19-16(20)21)11-3-5-13(17)6-4-11/h3-10H,2H2,1H3,(H,19,21). The lowest BCUT2D eigenvalue weighted by molar-refractivity contribution is 0.628. The van der Waals surface area contributed by atoms with Crippen LogP contribution in [-0.4, -0.2) is 14.5 Å². The Labute approximate surface area is 120 Å². The number of H-pyrrole nitrogens is 1. The van der Waals surface area contributed by atoms with Gasteiger partial charge in [-0.05, 0) is 43.3 Å². The van der Waals surface area contributed by atoms with E-state index in [2.05, 4.69) is 9.97 Å². The fourth-order valence-electron chi connectivity index (χ4n) is 2.41.